The van der Waals surface area contributed by atoms with E-state index in [9.17, 15) is 9.59 Å². The maximum absolute atomic E-state index is 12.5. The third-order valence-corrected chi connectivity index (χ3v) is 4.05. The molecule has 0 saturated heterocycles. The van der Waals surface area contributed by atoms with Crippen LogP contribution in [0.2, 0.25) is 5.02 Å². The average Bonchev–Trinajstić information content (AvgIpc) is 2.64. The molecular weight excluding hydrogens is 356 g/mol. The van der Waals surface area contributed by atoms with E-state index in [1.54, 1.807) is 49.4 Å². The maximum atomic E-state index is 12.5. The third-order valence-electron chi connectivity index (χ3n) is 3.80. The van der Waals surface area contributed by atoms with Crippen LogP contribution in [0.25, 0.3) is 10.9 Å². The first-order valence-corrected chi connectivity index (χ1v) is 8.42. The van der Waals surface area contributed by atoms with Gasteiger partial charge in [-0.3, -0.25) is 9.36 Å². The van der Waals surface area contributed by atoms with Gasteiger partial charge < -0.3 is 9.47 Å². The molecular formula is C19H17ClN2O4. The number of hydrogen-bond donors (Lipinski definition) is 0. The molecule has 134 valence electrons. The quantitative estimate of drug-likeness (QED) is 0.622. The Labute approximate surface area is 154 Å². The van der Waals surface area contributed by atoms with Gasteiger partial charge in [-0.05, 0) is 43.3 Å². The number of carbonyl (C=O) groups is 1. The molecule has 0 radical (unpaired) electrons. The van der Waals surface area contributed by atoms with Crippen molar-refractivity contribution >= 4 is 28.5 Å². The molecule has 6 nitrogen and oxygen atoms in total. The highest BCUT2D eigenvalue weighted by Gasteiger charge is 2.09. The highest BCUT2D eigenvalue weighted by atomic mass is 35.5. The molecule has 0 fully saturated rings. The maximum Gasteiger partial charge on any atom is 0.344 e. The van der Waals surface area contributed by atoms with Gasteiger partial charge in [0.15, 0.2) is 6.61 Å². The zero-order chi connectivity index (χ0) is 18.5. The molecule has 1 heterocycles. The number of ether oxygens (including phenoxy) is 2. The van der Waals surface area contributed by atoms with Gasteiger partial charge in [0.2, 0.25) is 0 Å². The Balaban J connectivity index is 1.56. The number of benzene rings is 2. The van der Waals surface area contributed by atoms with Crippen molar-refractivity contribution in [1.29, 1.82) is 0 Å². The van der Waals surface area contributed by atoms with Crippen molar-refractivity contribution in [2.24, 2.45) is 0 Å². The smallest absolute Gasteiger partial charge is 0.344 e. The molecule has 0 aliphatic rings. The van der Waals surface area contributed by atoms with Crippen LogP contribution in [-0.4, -0.2) is 28.7 Å². The van der Waals surface area contributed by atoms with Gasteiger partial charge in [0.05, 0.1) is 17.4 Å². The lowest BCUT2D eigenvalue weighted by Crippen LogP contribution is -2.27. The van der Waals surface area contributed by atoms with Crippen LogP contribution in [0.5, 0.6) is 5.75 Å². The first-order valence-electron chi connectivity index (χ1n) is 8.05. The fourth-order valence-electron chi connectivity index (χ4n) is 2.51. The minimum atomic E-state index is -0.514. The van der Waals surface area contributed by atoms with Crippen LogP contribution in [0.1, 0.15) is 5.82 Å². The third kappa shape index (κ3) is 4.21. The molecule has 0 saturated carbocycles. The second-order valence-electron chi connectivity index (χ2n) is 5.60. The predicted molar refractivity (Wildman–Crippen MR) is 98.6 cm³/mol. The lowest BCUT2D eigenvalue weighted by molar-refractivity contribution is -0.146. The molecule has 2 aromatic carbocycles. The fourth-order valence-corrected chi connectivity index (χ4v) is 2.63. The minimum Gasteiger partial charge on any atom is -0.482 e. The second kappa shape index (κ2) is 8.01. The van der Waals surface area contributed by atoms with E-state index < -0.39 is 5.97 Å². The zero-order valence-electron chi connectivity index (χ0n) is 14.1. The number of fused-ring (bicyclic) bond motifs is 1. The Bertz CT molecular complexity index is 983. The van der Waals surface area contributed by atoms with Crippen LogP contribution >= 0.6 is 11.6 Å². The molecule has 0 N–H and O–H groups in total. The van der Waals surface area contributed by atoms with Crippen LogP contribution in [0.3, 0.4) is 0 Å². The standard InChI is InChI=1S/C19H17ClN2O4/c1-13-21-17-5-3-2-4-16(17)19(24)22(13)10-11-25-18(23)12-26-15-8-6-14(20)7-9-15/h2-9H,10-12H2,1H3. The molecule has 0 atom stereocenters. The predicted octanol–water partition coefficient (Wildman–Crippen LogP) is 2.98. The van der Waals surface area contributed by atoms with Gasteiger partial charge in [-0.15, -0.1) is 0 Å². The Morgan fingerprint density at radius 3 is 2.65 bits per heavy atom. The zero-order valence-corrected chi connectivity index (χ0v) is 14.9. The number of aryl methyl sites for hydroxylation is 1. The Hall–Kier alpha value is -2.86. The number of hydrogen-bond acceptors (Lipinski definition) is 5. The van der Waals surface area contributed by atoms with Crippen molar-refractivity contribution in [2.45, 2.75) is 13.5 Å². The topological polar surface area (TPSA) is 70.4 Å². The number of rotatable bonds is 6. The summed E-state index contributed by atoms with van der Waals surface area (Å²) in [6.45, 7) is 1.82. The summed E-state index contributed by atoms with van der Waals surface area (Å²) >= 11 is 5.78. The number of esters is 1. The number of carbonyl (C=O) groups excluding carboxylic acids is 1. The van der Waals surface area contributed by atoms with Crippen LogP contribution in [0.15, 0.2) is 53.3 Å². The van der Waals surface area contributed by atoms with Gasteiger partial charge in [0.1, 0.15) is 18.2 Å². The van der Waals surface area contributed by atoms with Crippen LogP contribution < -0.4 is 10.3 Å². The summed E-state index contributed by atoms with van der Waals surface area (Å²) in [5.74, 6) is 0.582. The molecule has 26 heavy (non-hydrogen) atoms. The SMILES string of the molecule is Cc1nc2ccccc2c(=O)n1CCOC(=O)COc1ccc(Cl)cc1. The van der Waals surface area contributed by atoms with Crippen molar-refractivity contribution in [3.05, 3.63) is 69.7 Å². The van der Waals surface area contributed by atoms with Crippen molar-refractivity contribution in [2.75, 3.05) is 13.2 Å². The van der Waals surface area contributed by atoms with E-state index in [0.29, 0.717) is 27.5 Å². The monoisotopic (exact) mass is 372 g/mol. The molecule has 1 aromatic heterocycles. The van der Waals surface area contributed by atoms with Crippen molar-refractivity contribution in [1.82, 2.24) is 9.55 Å². The first kappa shape index (κ1) is 17.9. The lowest BCUT2D eigenvalue weighted by Gasteiger charge is -2.11. The van der Waals surface area contributed by atoms with Gasteiger partial charge in [0, 0.05) is 5.02 Å². The Kier molecular flexibility index (Phi) is 5.53. The van der Waals surface area contributed by atoms with Crippen LogP contribution in [-0.2, 0) is 16.1 Å². The van der Waals surface area contributed by atoms with Gasteiger partial charge in [0.25, 0.3) is 5.56 Å². The first-order chi connectivity index (χ1) is 12.5. The lowest BCUT2D eigenvalue weighted by atomic mass is 10.2. The molecule has 0 aliphatic carbocycles. The van der Waals surface area contributed by atoms with Gasteiger partial charge in [-0.25, -0.2) is 9.78 Å². The summed E-state index contributed by atoms with van der Waals surface area (Å²) in [6, 6.07) is 13.8. The molecule has 0 spiro atoms. The van der Waals surface area contributed by atoms with Gasteiger partial charge >= 0.3 is 5.97 Å². The highest BCUT2D eigenvalue weighted by Crippen LogP contribution is 2.15. The normalized spacial score (nSPS) is 10.7. The van der Waals surface area contributed by atoms with E-state index in [0.717, 1.165) is 0 Å². The summed E-state index contributed by atoms with van der Waals surface area (Å²) in [5, 5.41) is 1.13. The average molecular weight is 373 g/mol. The molecule has 3 rings (SSSR count). The molecule has 0 amide bonds. The molecule has 0 bridgehead atoms. The summed E-state index contributed by atoms with van der Waals surface area (Å²) in [6.07, 6.45) is 0. The fraction of sp³-hybridized carbons (Fsp3) is 0.211. The van der Waals surface area contributed by atoms with Gasteiger partial charge in [-0.2, -0.15) is 0 Å². The number of nitrogens with zero attached hydrogens (tertiary/aromatic N) is 2. The Morgan fingerprint density at radius 1 is 1.15 bits per heavy atom. The minimum absolute atomic E-state index is 0.0591. The highest BCUT2D eigenvalue weighted by molar-refractivity contribution is 6.30. The number of para-hydroxylation sites is 1. The molecule has 0 aliphatic heterocycles. The second-order valence-corrected chi connectivity index (χ2v) is 6.03. The number of aromatic nitrogens is 2. The largest absolute Gasteiger partial charge is 0.482 e. The summed E-state index contributed by atoms with van der Waals surface area (Å²) in [4.78, 5) is 28.7. The molecule has 7 heteroatoms. The summed E-state index contributed by atoms with van der Waals surface area (Å²) in [7, 11) is 0. The molecule has 3 aromatic rings. The van der Waals surface area contributed by atoms with E-state index in [-0.39, 0.29) is 25.3 Å². The van der Waals surface area contributed by atoms with Crippen molar-refractivity contribution < 1.29 is 14.3 Å². The van der Waals surface area contributed by atoms with Crippen molar-refractivity contribution in [3.8, 4) is 5.75 Å². The molecule has 0 unspecified atom stereocenters. The summed E-state index contributed by atoms with van der Waals surface area (Å²) in [5.41, 5.74) is 0.501. The van der Waals surface area contributed by atoms with E-state index >= 15 is 0 Å². The van der Waals surface area contributed by atoms with E-state index in [2.05, 4.69) is 4.98 Å². The van der Waals surface area contributed by atoms with E-state index in [4.69, 9.17) is 21.1 Å². The van der Waals surface area contributed by atoms with E-state index in [1.165, 1.54) is 4.57 Å². The van der Waals surface area contributed by atoms with E-state index in [1.807, 2.05) is 6.07 Å². The van der Waals surface area contributed by atoms with Crippen LogP contribution in [0.4, 0.5) is 0 Å². The Morgan fingerprint density at radius 2 is 1.88 bits per heavy atom. The van der Waals surface area contributed by atoms with Crippen LogP contribution in [0, 0.1) is 6.92 Å². The summed E-state index contributed by atoms with van der Waals surface area (Å²) < 4.78 is 11.9. The number of halogens is 1. The van der Waals surface area contributed by atoms with Crippen molar-refractivity contribution in [3.63, 3.8) is 0 Å². The van der Waals surface area contributed by atoms with Gasteiger partial charge in [-0.1, -0.05) is 23.7 Å².